The maximum Gasteiger partial charge on any atom is 0.231 e. The summed E-state index contributed by atoms with van der Waals surface area (Å²) >= 11 is 0. The first-order valence-electron chi connectivity index (χ1n) is 6.92. The summed E-state index contributed by atoms with van der Waals surface area (Å²) in [6.07, 6.45) is 5.88. The Morgan fingerprint density at radius 1 is 1.06 bits per heavy atom. The summed E-state index contributed by atoms with van der Waals surface area (Å²) in [5, 5.41) is 2.54. The van der Waals surface area contributed by atoms with Gasteiger partial charge in [-0.3, -0.25) is 14.9 Å². The third-order valence-electron chi connectivity index (χ3n) is 6.01. The molecule has 0 spiro atoms. The van der Waals surface area contributed by atoms with Gasteiger partial charge in [-0.15, -0.1) is 0 Å². The van der Waals surface area contributed by atoms with Gasteiger partial charge in [0, 0.05) is 6.61 Å². The molecule has 4 fully saturated rings. The van der Waals surface area contributed by atoms with E-state index in [1.165, 1.54) is 0 Å². The van der Waals surface area contributed by atoms with Crippen LogP contribution in [-0.2, 0) is 14.3 Å². The van der Waals surface area contributed by atoms with E-state index in [1.807, 2.05) is 0 Å². The van der Waals surface area contributed by atoms with E-state index in [2.05, 4.69) is 17.5 Å². The molecule has 18 heavy (non-hydrogen) atoms. The molecule has 4 nitrogen and oxygen atoms in total. The van der Waals surface area contributed by atoms with E-state index in [0.717, 1.165) is 13.0 Å². The highest BCUT2D eigenvalue weighted by atomic mass is 16.5. The highest BCUT2D eigenvalue weighted by Crippen LogP contribution is 2.65. The summed E-state index contributed by atoms with van der Waals surface area (Å²) in [5.74, 6) is 1.94. The van der Waals surface area contributed by atoms with E-state index in [0.29, 0.717) is 23.9 Å². The second kappa shape index (κ2) is 2.87. The van der Waals surface area contributed by atoms with Gasteiger partial charge in [-0.2, -0.15) is 0 Å². The molecule has 8 unspecified atom stereocenters. The van der Waals surface area contributed by atoms with Crippen LogP contribution in [0.15, 0.2) is 12.2 Å². The maximum absolute atomic E-state index is 12.0. The predicted molar refractivity (Wildman–Crippen MR) is 61.1 cm³/mol. The summed E-state index contributed by atoms with van der Waals surface area (Å²) in [6, 6.07) is 0. The molecular formula is C14H15NO3. The van der Waals surface area contributed by atoms with Crippen molar-refractivity contribution < 1.29 is 14.3 Å². The van der Waals surface area contributed by atoms with E-state index in [9.17, 15) is 9.59 Å². The lowest BCUT2D eigenvalue weighted by Crippen LogP contribution is -2.63. The minimum absolute atomic E-state index is 0.0369. The van der Waals surface area contributed by atoms with Crippen LogP contribution < -0.4 is 5.32 Å². The van der Waals surface area contributed by atoms with Gasteiger partial charge in [0.25, 0.3) is 0 Å². The molecule has 8 atom stereocenters. The number of carbonyl (C=O) groups is 2. The number of amides is 2. The van der Waals surface area contributed by atoms with Gasteiger partial charge in [-0.25, -0.2) is 0 Å². The van der Waals surface area contributed by atoms with Gasteiger partial charge in [0.05, 0.1) is 17.9 Å². The first-order valence-corrected chi connectivity index (χ1v) is 6.92. The minimum atomic E-state index is -0.112. The summed E-state index contributed by atoms with van der Waals surface area (Å²) in [4.78, 5) is 24.0. The highest BCUT2D eigenvalue weighted by Gasteiger charge is 2.69. The molecule has 2 heterocycles. The van der Waals surface area contributed by atoms with Gasteiger partial charge >= 0.3 is 0 Å². The Balaban J connectivity index is 1.62. The minimum Gasteiger partial charge on any atom is -0.378 e. The van der Waals surface area contributed by atoms with E-state index in [4.69, 9.17) is 4.74 Å². The van der Waals surface area contributed by atoms with Crippen LogP contribution in [0.4, 0.5) is 0 Å². The molecule has 6 aliphatic rings. The van der Waals surface area contributed by atoms with Gasteiger partial charge in [0.1, 0.15) is 0 Å². The highest BCUT2D eigenvalue weighted by molar-refractivity contribution is 6.06. The zero-order chi connectivity index (χ0) is 12.0. The molecule has 2 saturated heterocycles. The number of hydrogen-bond acceptors (Lipinski definition) is 3. The van der Waals surface area contributed by atoms with Crippen LogP contribution in [0, 0.1) is 41.4 Å². The fourth-order valence-electron chi connectivity index (χ4n) is 5.49. The molecule has 0 aromatic carbocycles. The third kappa shape index (κ3) is 0.850. The number of carbonyl (C=O) groups excluding carboxylic acids is 2. The lowest BCUT2D eigenvalue weighted by Gasteiger charge is -2.61. The summed E-state index contributed by atoms with van der Waals surface area (Å²) in [7, 11) is 0. The smallest absolute Gasteiger partial charge is 0.231 e. The van der Waals surface area contributed by atoms with Gasteiger partial charge in [-0.1, -0.05) is 12.2 Å². The Labute approximate surface area is 105 Å². The van der Waals surface area contributed by atoms with Crippen LogP contribution in [0.2, 0.25) is 0 Å². The van der Waals surface area contributed by atoms with Crippen molar-refractivity contribution >= 4 is 11.8 Å². The van der Waals surface area contributed by atoms with Crippen LogP contribution in [-0.4, -0.2) is 24.5 Å². The van der Waals surface area contributed by atoms with E-state index < -0.39 is 0 Å². The molecule has 94 valence electrons. The van der Waals surface area contributed by atoms with Crippen LogP contribution in [0.25, 0.3) is 0 Å². The van der Waals surface area contributed by atoms with E-state index >= 15 is 0 Å². The second-order valence-corrected chi connectivity index (χ2v) is 6.39. The average Bonchev–Trinajstić information content (AvgIpc) is 2.88. The molecule has 1 N–H and O–H groups in total. The van der Waals surface area contributed by atoms with Crippen molar-refractivity contribution in [3.05, 3.63) is 12.2 Å². The molecule has 2 bridgehead atoms. The fraction of sp³-hybridized carbons (Fsp3) is 0.714. The number of fused-ring (bicyclic) bond motifs is 1. The zero-order valence-electron chi connectivity index (χ0n) is 9.91. The SMILES string of the molecule is O=C1NC(=O)C2C3C=CC(C12)C1C2CCOC2C31. The molecule has 2 saturated carbocycles. The molecule has 4 aliphatic carbocycles. The first kappa shape index (κ1) is 9.73. The topological polar surface area (TPSA) is 55.4 Å². The van der Waals surface area contributed by atoms with Crippen molar-refractivity contribution in [3.63, 3.8) is 0 Å². The molecule has 0 aromatic heterocycles. The average molecular weight is 245 g/mol. The largest absolute Gasteiger partial charge is 0.378 e. The molecule has 4 heteroatoms. The summed E-state index contributed by atoms with van der Waals surface area (Å²) in [6.45, 7) is 0.858. The monoisotopic (exact) mass is 245 g/mol. The maximum atomic E-state index is 12.0. The fourth-order valence-corrected chi connectivity index (χ4v) is 5.49. The number of ether oxygens (including phenoxy) is 1. The Hall–Kier alpha value is -1.16. The molecular weight excluding hydrogens is 230 g/mol. The number of allylic oxidation sites excluding steroid dienone is 2. The van der Waals surface area contributed by atoms with Crippen LogP contribution in [0.5, 0.6) is 0 Å². The standard InChI is InChI=1S/C14H15NO3/c16-13-10-5-1-2-6(11(10)14(17)15-13)9-8(5)7-3-4-18-12(7)9/h1-2,5-12H,3-4H2,(H,15,16,17). The predicted octanol–water partition coefficient (Wildman–Crippen LogP) is 0.342. The number of rotatable bonds is 0. The number of nitrogens with one attached hydrogen (secondary N) is 1. The normalized spacial score (nSPS) is 58.9. The van der Waals surface area contributed by atoms with Crippen molar-refractivity contribution in [2.45, 2.75) is 12.5 Å². The summed E-state index contributed by atoms with van der Waals surface area (Å²) in [5.41, 5.74) is 0. The van der Waals surface area contributed by atoms with Crippen LogP contribution in [0.1, 0.15) is 6.42 Å². The van der Waals surface area contributed by atoms with Gasteiger partial charge in [0.2, 0.25) is 11.8 Å². The van der Waals surface area contributed by atoms with Crippen molar-refractivity contribution in [3.8, 4) is 0 Å². The second-order valence-electron chi connectivity index (χ2n) is 6.39. The molecule has 2 aliphatic heterocycles. The van der Waals surface area contributed by atoms with E-state index in [-0.39, 0.29) is 35.5 Å². The zero-order valence-corrected chi connectivity index (χ0v) is 9.91. The van der Waals surface area contributed by atoms with Crippen molar-refractivity contribution in [1.82, 2.24) is 5.32 Å². The Morgan fingerprint density at radius 2 is 1.72 bits per heavy atom. The lowest BCUT2D eigenvalue weighted by molar-refractivity contribution is -0.174. The molecule has 0 radical (unpaired) electrons. The number of hydrogen-bond donors (Lipinski definition) is 1. The lowest BCUT2D eigenvalue weighted by atomic mass is 9.42. The Morgan fingerprint density at radius 3 is 2.44 bits per heavy atom. The van der Waals surface area contributed by atoms with Crippen molar-refractivity contribution in [2.24, 2.45) is 41.4 Å². The van der Waals surface area contributed by atoms with E-state index in [1.54, 1.807) is 0 Å². The van der Waals surface area contributed by atoms with Gasteiger partial charge in [0.15, 0.2) is 0 Å². The molecule has 6 rings (SSSR count). The third-order valence-corrected chi connectivity index (χ3v) is 6.01. The molecule has 2 amide bonds. The van der Waals surface area contributed by atoms with Gasteiger partial charge < -0.3 is 4.74 Å². The molecule has 0 aromatic rings. The van der Waals surface area contributed by atoms with Crippen molar-refractivity contribution in [1.29, 1.82) is 0 Å². The number of imide groups is 1. The van der Waals surface area contributed by atoms with Crippen molar-refractivity contribution in [2.75, 3.05) is 6.61 Å². The first-order chi connectivity index (χ1) is 8.77. The van der Waals surface area contributed by atoms with Gasteiger partial charge in [-0.05, 0) is 36.0 Å². The summed E-state index contributed by atoms with van der Waals surface area (Å²) < 4.78 is 5.83. The Bertz CT molecular complexity index is 457. The Kier molecular flexibility index (Phi) is 1.55. The van der Waals surface area contributed by atoms with Crippen LogP contribution in [0.3, 0.4) is 0 Å². The van der Waals surface area contributed by atoms with Crippen LogP contribution >= 0.6 is 0 Å². The quantitative estimate of drug-likeness (QED) is 0.494.